The summed E-state index contributed by atoms with van der Waals surface area (Å²) < 4.78 is 0. The molecular weight excluding hydrogens is 665 g/mol. The summed E-state index contributed by atoms with van der Waals surface area (Å²) in [7, 11) is 0. The summed E-state index contributed by atoms with van der Waals surface area (Å²) in [6, 6.07) is 65.4. The SMILES string of the molecule is C=C/C=C(\C=C)N(/C(C)=C/C1=C(C)c2c(cc(N(c3ccccc3)c3ccccc3)c3ccccc23)C1(c1ccccc1)c1ccccc1)c1ccccc1. The van der Waals surface area contributed by atoms with Gasteiger partial charge in [-0.15, -0.1) is 0 Å². The van der Waals surface area contributed by atoms with Crippen molar-refractivity contribution in [2.45, 2.75) is 19.3 Å². The Hall–Kier alpha value is -6.90. The molecule has 1 aliphatic rings. The van der Waals surface area contributed by atoms with Crippen LogP contribution in [0.15, 0.2) is 236 Å². The van der Waals surface area contributed by atoms with E-state index >= 15 is 0 Å². The van der Waals surface area contributed by atoms with Gasteiger partial charge in [0.05, 0.1) is 11.1 Å². The second kappa shape index (κ2) is 15.2. The van der Waals surface area contributed by atoms with Gasteiger partial charge in [0.25, 0.3) is 0 Å². The summed E-state index contributed by atoms with van der Waals surface area (Å²) in [4.78, 5) is 4.68. The second-order valence-corrected chi connectivity index (χ2v) is 13.9. The average molecular weight is 709 g/mol. The van der Waals surface area contributed by atoms with Crippen molar-refractivity contribution in [1.29, 1.82) is 0 Å². The highest BCUT2D eigenvalue weighted by atomic mass is 15.2. The number of para-hydroxylation sites is 3. The fourth-order valence-electron chi connectivity index (χ4n) is 8.53. The third kappa shape index (κ3) is 6.12. The average Bonchev–Trinajstić information content (AvgIpc) is 3.49. The zero-order chi connectivity index (χ0) is 37.8. The minimum atomic E-state index is -0.653. The van der Waals surface area contributed by atoms with E-state index in [-0.39, 0.29) is 0 Å². The third-order valence-electron chi connectivity index (χ3n) is 10.8. The Morgan fingerprint density at radius 3 is 1.51 bits per heavy atom. The van der Waals surface area contributed by atoms with Gasteiger partial charge in [-0.25, -0.2) is 0 Å². The molecule has 0 unspecified atom stereocenters. The van der Waals surface area contributed by atoms with Gasteiger partial charge in [-0.2, -0.15) is 0 Å². The normalized spacial score (nSPS) is 13.7. The van der Waals surface area contributed by atoms with E-state index in [1.165, 1.54) is 44.2 Å². The molecular formula is C53H44N2. The first-order valence-corrected chi connectivity index (χ1v) is 18.9. The molecule has 2 heteroatoms. The van der Waals surface area contributed by atoms with Crippen molar-refractivity contribution >= 4 is 39.1 Å². The molecule has 0 heterocycles. The maximum Gasteiger partial charge on any atom is 0.0711 e. The van der Waals surface area contributed by atoms with Crippen molar-refractivity contribution in [1.82, 2.24) is 0 Å². The molecule has 0 saturated heterocycles. The van der Waals surface area contributed by atoms with Crippen molar-refractivity contribution in [3.8, 4) is 0 Å². The minimum Gasteiger partial charge on any atom is -0.315 e. The molecule has 0 fully saturated rings. The molecule has 0 aromatic heterocycles. The fraction of sp³-hybridized carbons (Fsp3) is 0.0566. The predicted molar refractivity (Wildman–Crippen MR) is 235 cm³/mol. The number of nitrogens with zero attached hydrogens (tertiary/aromatic N) is 2. The summed E-state index contributed by atoms with van der Waals surface area (Å²) in [6.07, 6.45) is 8.15. The molecule has 8 rings (SSSR count). The van der Waals surface area contributed by atoms with Crippen molar-refractivity contribution in [2.75, 3.05) is 9.80 Å². The Labute approximate surface area is 325 Å². The number of rotatable bonds is 11. The van der Waals surface area contributed by atoms with Gasteiger partial charge in [0.2, 0.25) is 0 Å². The van der Waals surface area contributed by atoms with E-state index in [1.54, 1.807) is 0 Å². The molecule has 0 saturated carbocycles. The number of fused-ring (bicyclic) bond motifs is 3. The van der Waals surface area contributed by atoms with E-state index in [0.29, 0.717) is 0 Å². The Balaban J connectivity index is 1.50. The summed E-state index contributed by atoms with van der Waals surface area (Å²) in [5, 5.41) is 2.42. The van der Waals surface area contributed by atoms with Crippen molar-refractivity contribution in [3.05, 3.63) is 259 Å². The smallest absolute Gasteiger partial charge is 0.0711 e. The predicted octanol–water partition coefficient (Wildman–Crippen LogP) is 14.1. The molecule has 0 atom stereocenters. The number of hydrogen-bond acceptors (Lipinski definition) is 2. The molecule has 0 amide bonds. The highest BCUT2D eigenvalue weighted by Gasteiger charge is 2.47. The molecule has 266 valence electrons. The van der Waals surface area contributed by atoms with Crippen molar-refractivity contribution in [2.24, 2.45) is 0 Å². The lowest BCUT2D eigenvalue weighted by Crippen LogP contribution is -2.30. The van der Waals surface area contributed by atoms with Crippen LogP contribution in [0.25, 0.3) is 16.3 Å². The molecule has 0 bridgehead atoms. The first-order chi connectivity index (χ1) is 27.1. The molecule has 0 aliphatic heterocycles. The van der Waals surface area contributed by atoms with Gasteiger partial charge in [0, 0.05) is 33.8 Å². The monoisotopic (exact) mass is 708 g/mol. The Morgan fingerprint density at radius 1 is 0.564 bits per heavy atom. The maximum atomic E-state index is 4.22. The number of allylic oxidation sites excluding steroid dienone is 7. The van der Waals surface area contributed by atoms with E-state index in [1.807, 2.05) is 18.2 Å². The topological polar surface area (TPSA) is 6.48 Å². The molecule has 7 aromatic rings. The van der Waals surface area contributed by atoms with Gasteiger partial charge in [-0.05, 0) is 113 Å². The number of hydrogen-bond donors (Lipinski definition) is 0. The molecule has 0 radical (unpaired) electrons. The Kier molecular flexibility index (Phi) is 9.73. The van der Waals surface area contributed by atoms with Crippen LogP contribution < -0.4 is 9.80 Å². The number of anilines is 4. The van der Waals surface area contributed by atoms with Gasteiger partial charge in [-0.1, -0.05) is 159 Å². The van der Waals surface area contributed by atoms with Gasteiger partial charge in [0.1, 0.15) is 0 Å². The lowest BCUT2D eigenvalue weighted by molar-refractivity contribution is 0.759. The number of benzene rings is 7. The van der Waals surface area contributed by atoms with Crippen LogP contribution in [-0.4, -0.2) is 0 Å². The van der Waals surface area contributed by atoms with Crippen LogP contribution in [0.5, 0.6) is 0 Å². The van der Waals surface area contributed by atoms with Crippen LogP contribution >= 0.6 is 0 Å². The molecule has 0 N–H and O–H groups in total. The molecule has 0 spiro atoms. The van der Waals surface area contributed by atoms with E-state index in [9.17, 15) is 0 Å². The Morgan fingerprint density at radius 2 is 1.02 bits per heavy atom. The standard InChI is InChI=1S/C53H44N2/c1-5-24-43(6-2)54(44-29-16-9-17-30-44)39(3)37-49-40(4)52-48-36-23-22-35-47(48)51(55(45-31-18-10-19-32-45)46-33-20-11-21-34-46)38-50(52)53(49,41-25-12-7-13-26-41)42-27-14-8-15-28-42/h5-38H,1-2H2,3-4H3/b39-37+,43-24+. The first kappa shape index (κ1) is 35.1. The van der Waals surface area contributed by atoms with E-state index < -0.39 is 5.41 Å². The van der Waals surface area contributed by atoms with Crippen LogP contribution in [-0.2, 0) is 5.41 Å². The highest BCUT2D eigenvalue weighted by Crippen LogP contribution is 2.58. The molecule has 7 aromatic carbocycles. The van der Waals surface area contributed by atoms with E-state index in [2.05, 4.69) is 225 Å². The second-order valence-electron chi connectivity index (χ2n) is 13.9. The van der Waals surface area contributed by atoms with Gasteiger partial charge >= 0.3 is 0 Å². The quantitative estimate of drug-likeness (QED) is 0.123. The van der Waals surface area contributed by atoms with Gasteiger partial charge < -0.3 is 9.80 Å². The largest absolute Gasteiger partial charge is 0.315 e. The summed E-state index contributed by atoms with van der Waals surface area (Å²) in [5.74, 6) is 0. The highest BCUT2D eigenvalue weighted by molar-refractivity contribution is 6.08. The van der Waals surface area contributed by atoms with Crippen molar-refractivity contribution in [3.63, 3.8) is 0 Å². The summed E-state index contributed by atoms with van der Waals surface area (Å²) >= 11 is 0. The van der Waals surface area contributed by atoms with Crippen LogP contribution in [0.4, 0.5) is 22.7 Å². The third-order valence-corrected chi connectivity index (χ3v) is 10.8. The van der Waals surface area contributed by atoms with Crippen LogP contribution in [0.3, 0.4) is 0 Å². The van der Waals surface area contributed by atoms with Gasteiger partial charge in [-0.3, -0.25) is 0 Å². The van der Waals surface area contributed by atoms with E-state index in [4.69, 9.17) is 0 Å². The van der Waals surface area contributed by atoms with E-state index in [0.717, 1.165) is 34.1 Å². The molecule has 2 nitrogen and oxygen atoms in total. The first-order valence-electron chi connectivity index (χ1n) is 18.9. The Bertz CT molecular complexity index is 2490. The zero-order valence-corrected chi connectivity index (χ0v) is 31.4. The van der Waals surface area contributed by atoms with Crippen molar-refractivity contribution < 1.29 is 0 Å². The molecule has 1 aliphatic carbocycles. The zero-order valence-electron chi connectivity index (χ0n) is 31.4. The van der Waals surface area contributed by atoms with Crippen LogP contribution in [0, 0.1) is 0 Å². The van der Waals surface area contributed by atoms with Gasteiger partial charge in [0.15, 0.2) is 0 Å². The van der Waals surface area contributed by atoms with Crippen LogP contribution in [0.2, 0.25) is 0 Å². The maximum absolute atomic E-state index is 4.22. The minimum absolute atomic E-state index is 0.653. The molecule has 55 heavy (non-hydrogen) atoms. The summed E-state index contributed by atoms with van der Waals surface area (Å²) in [5.41, 5.74) is 13.2. The summed E-state index contributed by atoms with van der Waals surface area (Å²) in [6.45, 7) is 12.8. The lowest BCUT2D eigenvalue weighted by Gasteiger charge is -2.37. The van der Waals surface area contributed by atoms with Crippen LogP contribution in [0.1, 0.15) is 36.1 Å². The lowest BCUT2D eigenvalue weighted by atomic mass is 9.66. The fourth-order valence-corrected chi connectivity index (χ4v) is 8.53.